The van der Waals surface area contributed by atoms with Gasteiger partial charge in [-0.3, -0.25) is 0 Å². The van der Waals surface area contributed by atoms with Crippen molar-refractivity contribution in [3.05, 3.63) is 69.7 Å². The van der Waals surface area contributed by atoms with E-state index in [2.05, 4.69) is 0 Å². The maximum atomic E-state index is 13.5. The van der Waals surface area contributed by atoms with Crippen LogP contribution in [0, 0.1) is 18.6 Å². The van der Waals surface area contributed by atoms with E-state index in [0.29, 0.717) is 10.6 Å². The Kier molecular flexibility index (Phi) is 3.64. The van der Waals surface area contributed by atoms with E-state index < -0.39 is 17.7 Å². The lowest BCUT2D eigenvalue weighted by Crippen LogP contribution is -2.03. The van der Waals surface area contributed by atoms with Crippen LogP contribution < -0.4 is 0 Å². The summed E-state index contributed by atoms with van der Waals surface area (Å²) in [7, 11) is 0. The Morgan fingerprint density at radius 3 is 2.50 bits per heavy atom. The van der Waals surface area contributed by atoms with Crippen LogP contribution in [0.3, 0.4) is 0 Å². The van der Waals surface area contributed by atoms with E-state index in [1.807, 2.05) is 0 Å². The highest BCUT2D eigenvalue weighted by atomic mass is 35.5. The van der Waals surface area contributed by atoms with E-state index in [1.54, 1.807) is 25.1 Å². The number of aliphatic hydroxyl groups excluding tert-OH is 1. The first-order chi connectivity index (χ1) is 8.49. The molecule has 0 radical (unpaired) electrons. The predicted molar refractivity (Wildman–Crippen MR) is 66.6 cm³/mol. The Balaban J connectivity index is 2.44. The lowest BCUT2D eigenvalue weighted by Gasteiger charge is -2.13. The second-order valence-electron chi connectivity index (χ2n) is 4.08. The largest absolute Gasteiger partial charge is 0.384 e. The lowest BCUT2D eigenvalue weighted by atomic mass is 9.99. The second-order valence-corrected chi connectivity index (χ2v) is 4.48. The van der Waals surface area contributed by atoms with Gasteiger partial charge < -0.3 is 5.11 Å². The van der Waals surface area contributed by atoms with Gasteiger partial charge in [-0.1, -0.05) is 23.7 Å². The Morgan fingerprint density at radius 2 is 1.83 bits per heavy atom. The standard InChI is InChI=1S/C14H11ClF2O/c1-8-6-9(2-4-12(8)15)14(18)11-7-10(16)3-5-13(11)17/h2-7,14,18H,1H3. The molecule has 0 bridgehead atoms. The van der Waals surface area contributed by atoms with Crippen molar-refractivity contribution in [3.63, 3.8) is 0 Å². The smallest absolute Gasteiger partial charge is 0.129 e. The number of halogens is 3. The first-order valence-corrected chi connectivity index (χ1v) is 5.76. The molecular formula is C14H11ClF2O. The Hall–Kier alpha value is -1.45. The molecule has 1 atom stereocenters. The third-order valence-electron chi connectivity index (χ3n) is 2.75. The fraction of sp³-hybridized carbons (Fsp3) is 0.143. The van der Waals surface area contributed by atoms with Gasteiger partial charge in [0.25, 0.3) is 0 Å². The van der Waals surface area contributed by atoms with Gasteiger partial charge in [0, 0.05) is 10.6 Å². The van der Waals surface area contributed by atoms with Crippen LogP contribution in [0.1, 0.15) is 22.8 Å². The molecule has 2 aromatic carbocycles. The van der Waals surface area contributed by atoms with E-state index >= 15 is 0 Å². The van der Waals surface area contributed by atoms with Crippen LogP contribution in [0.5, 0.6) is 0 Å². The highest BCUT2D eigenvalue weighted by Crippen LogP contribution is 2.27. The van der Waals surface area contributed by atoms with Gasteiger partial charge in [-0.2, -0.15) is 0 Å². The molecule has 0 saturated carbocycles. The number of hydrogen-bond donors (Lipinski definition) is 1. The minimum Gasteiger partial charge on any atom is -0.384 e. The van der Waals surface area contributed by atoms with Crippen molar-refractivity contribution < 1.29 is 13.9 Å². The van der Waals surface area contributed by atoms with E-state index in [-0.39, 0.29) is 5.56 Å². The summed E-state index contributed by atoms with van der Waals surface area (Å²) in [6.45, 7) is 1.78. The number of aliphatic hydroxyl groups is 1. The van der Waals surface area contributed by atoms with Gasteiger partial charge in [0.2, 0.25) is 0 Å². The molecule has 0 amide bonds. The number of benzene rings is 2. The maximum Gasteiger partial charge on any atom is 0.129 e. The average Bonchev–Trinajstić information content (AvgIpc) is 2.35. The molecule has 4 heteroatoms. The summed E-state index contributed by atoms with van der Waals surface area (Å²) in [5, 5.41) is 10.6. The summed E-state index contributed by atoms with van der Waals surface area (Å²) >= 11 is 5.87. The molecule has 0 aliphatic rings. The van der Waals surface area contributed by atoms with Gasteiger partial charge in [0.05, 0.1) is 0 Å². The minimum atomic E-state index is -1.21. The molecule has 1 unspecified atom stereocenters. The first kappa shape index (κ1) is 13.0. The summed E-state index contributed by atoms with van der Waals surface area (Å²) in [5.41, 5.74) is 1.16. The zero-order valence-electron chi connectivity index (χ0n) is 9.62. The van der Waals surface area contributed by atoms with Crippen molar-refractivity contribution in [2.24, 2.45) is 0 Å². The van der Waals surface area contributed by atoms with Gasteiger partial charge in [0.1, 0.15) is 17.7 Å². The van der Waals surface area contributed by atoms with E-state index in [4.69, 9.17) is 11.6 Å². The molecule has 0 heterocycles. The van der Waals surface area contributed by atoms with Crippen molar-refractivity contribution in [2.75, 3.05) is 0 Å². The monoisotopic (exact) mass is 268 g/mol. The highest BCUT2D eigenvalue weighted by molar-refractivity contribution is 6.31. The predicted octanol–water partition coefficient (Wildman–Crippen LogP) is 4.01. The minimum absolute atomic E-state index is 0.0864. The quantitative estimate of drug-likeness (QED) is 0.873. The Morgan fingerprint density at radius 1 is 1.11 bits per heavy atom. The zero-order valence-corrected chi connectivity index (χ0v) is 10.4. The summed E-state index contributed by atoms with van der Waals surface area (Å²) in [5.74, 6) is -1.23. The van der Waals surface area contributed by atoms with Crippen LogP contribution in [0.4, 0.5) is 8.78 Å². The summed E-state index contributed by atoms with van der Waals surface area (Å²) < 4.78 is 26.6. The number of rotatable bonds is 2. The number of hydrogen-bond acceptors (Lipinski definition) is 1. The summed E-state index contributed by atoms with van der Waals surface area (Å²) in [4.78, 5) is 0. The van der Waals surface area contributed by atoms with Crippen molar-refractivity contribution in [3.8, 4) is 0 Å². The summed E-state index contributed by atoms with van der Waals surface area (Å²) in [6.07, 6.45) is -1.21. The third-order valence-corrected chi connectivity index (χ3v) is 3.17. The zero-order chi connectivity index (χ0) is 13.3. The fourth-order valence-corrected chi connectivity index (χ4v) is 1.86. The van der Waals surface area contributed by atoms with Gasteiger partial charge in [0.15, 0.2) is 0 Å². The summed E-state index contributed by atoms with van der Waals surface area (Å²) in [6, 6.07) is 7.85. The topological polar surface area (TPSA) is 20.2 Å². The molecule has 2 aromatic rings. The molecule has 0 spiro atoms. The molecular weight excluding hydrogens is 258 g/mol. The normalized spacial score (nSPS) is 12.5. The molecule has 1 nitrogen and oxygen atoms in total. The van der Waals surface area contributed by atoms with Crippen LogP contribution in [0.2, 0.25) is 5.02 Å². The Labute approximate surface area is 109 Å². The molecule has 1 N–H and O–H groups in total. The van der Waals surface area contributed by atoms with Gasteiger partial charge in [-0.05, 0) is 42.3 Å². The average molecular weight is 269 g/mol. The van der Waals surface area contributed by atoms with Gasteiger partial charge in [-0.25, -0.2) is 8.78 Å². The molecule has 2 rings (SSSR count). The van der Waals surface area contributed by atoms with Crippen LogP contribution >= 0.6 is 11.6 Å². The SMILES string of the molecule is Cc1cc(C(O)c2cc(F)ccc2F)ccc1Cl. The van der Waals surface area contributed by atoms with Crippen LogP contribution in [-0.2, 0) is 0 Å². The fourth-order valence-electron chi connectivity index (χ4n) is 1.74. The molecule has 0 saturated heterocycles. The first-order valence-electron chi connectivity index (χ1n) is 5.38. The van der Waals surface area contributed by atoms with Crippen molar-refractivity contribution in [2.45, 2.75) is 13.0 Å². The Bertz CT molecular complexity index is 584. The molecule has 94 valence electrons. The van der Waals surface area contributed by atoms with Crippen molar-refractivity contribution in [1.29, 1.82) is 0 Å². The molecule has 18 heavy (non-hydrogen) atoms. The van der Waals surface area contributed by atoms with E-state index in [0.717, 1.165) is 23.8 Å². The van der Waals surface area contributed by atoms with E-state index in [9.17, 15) is 13.9 Å². The van der Waals surface area contributed by atoms with E-state index in [1.165, 1.54) is 0 Å². The maximum absolute atomic E-state index is 13.5. The van der Waals surface area contributed by atoms with Crippen molar-refractivity contribution in [1.82, 2.24) is 0 Å². The van der Waals surface area contributed by atoms with Crippen LogP contribution in [0.25, 0.3) is 0 Å². The number of aryl methyl sites for hydroxylation is 1. The van der Waals surface area contributed by atoms with Gasteiger partial charge >= 0.3 is 0 Å². The molecule has 0 aromatic heterocycles. The third kappa shape index (κ3) is 2.52. The highest BCUT2D eigenvalue weighted by Gasteiger charge is 2.16. The molecule has 0 aliphatic carbocycles. The molecule has 0 fully saturated rings. The van der Waals surface area contributed by atoms with Crippen LogP contribution in [-0.4, -0.2) is 5.11 Å². The van der Waals surface area contributed by atoms with Gasteiger partial charge in [-0.15, -0.1) is 0 Å². The molecule has 0 aliphatic heterocycles. The lowest BCUT2D eigenvalue weighted by molar-refractivity contribution is 0.214. The van der Waals surface area contributed by atoms with Crippen LogP contribution in [0.15, 0.2) is 36.4 Å². The van der Waals surface area contributed by atoms with Crippen molar-refractivity contribution >= 4 is 11.6 Å². The second kappa shape index (κ2) is 5.04.